The summed E-state index contributed by atoms with van der Waals surface area (Å²) in [5.41, 5.74) is 2.39. The van der Waals surface area contributed by atoms with E-state index in [1.54, 1.807) is 6.92 Å². The normalized spacial score (nSPS) is 39.6. The van der Waals surface area contributed by atoms with Gasteiger partial charge in [-0.25, -0.2) is 4.98 Å². The Morgan fingerprint density at radius 2 is 1.77 bits per heavy atom. The summed E-state index contributed by atoms with van der Waals surface area (Å²) >= 11 is 0. The van der Waals surface area contributed by atoms with Crippen molar-refractivity contribution in [1.29, 1.82) is 0 Å². The molecular weight excluding hydrogens is 500 g/mol. The van der Waals surface area contributed by atoms with Gasteiger partial charge in [0.1, 0.15) is 18.0 Å². The summed E-state index contributed by atoms with van der Waals surface area (Å²) in [7, 11) is 0. The minimum absolute atomic E-state index is 0.0122. The van der Waals surface area contributed by atoms with E-state index in [9.17, 15) is 9.59 Å². The summed E-state index contributed by atoms with van der Waals surface area (Å²) in [6, 6.07) is 8.26. The Hall–Kier alpha value is -2.37. The number of ether oxygens (including phenoxy) is 2. The molecule has 4 aliphatic rings. The van der Waals surface area contributed by atoms with Gasteiger partial charge < -0.3 is 14.5 Å². The molecule has 10 atom stereocenters. The van der Waals surface area contributed by atoms with Crippen LogP contribution in [0.3, 0.4) is 0 Å². The predicted octanol–water partition coefficient (Wildman–Crippen LogP) is 7.26. The lowest BCUT2D eigenvalue weighted by Crippen LogP contribution is -2.59. The van der Waals surface area contributed by atoms with Gasteiger partial charge in [-0.15, -0.1) is 0 Å². The number of H-pyrrole nitrogens is 1. The molecule has 0 spiro atoms. The number of aryl methyl sites for hydroxylation is 1. The maximum absolute atomic E-state index is 12.5. The number of aromatic amines is 1. The van der Waals surface area contributed by atoms with Crippen molar-refractivity contribution in [2.24, 2.45) is 46.3 Å². The number of para-hydroxylation sites is 2. The van der Waals surface area contributed by atoms with E-state index in [1.807, 2.05) is 6.07 Å². The van der Waals surface area contributed by atoms with Gasteiger partial charge in [-0.2, -0.15) is 0 Å². The van der Waals surface area contributed by atoms with Gasteiger partial charge in [0, 0.05) is 25.7 Å². The van der Waals surface area contributed by atoms with Crippen LogP contribution in [0.15, 0.2) is 24.3 Å². The van der Waals surface area contributed by atoms with Crippen LogP contribution < -0.4 is 0 Å². The molecule has 1 aromatic heterocycles. The minimum Gasteiger partial charge on any atom is -0.463 e. The van der Waals surface area contributed by atoms with Crippen molar-refractivity contribution in [2.45, 2.75) is 111 Å². The van der Waals surface area contributed by atoms with Crippen LogP contribution in [-0.2, 0) is 25.5 Å². The van der Waals surface area contributed by atoms with Crippen LogP contribution in [0.4, 0.5) is 0 Å². The molecule has 4 aliphatic carbocycles. The summed E-state index contributed by atoms with van der Waals surface area (Å²) in [6.45, 7) is 10.5. The number of aromatic nitrogens is 2. The highest BCUT2D eigenvalue weighted by Crippen LogP contribution is 2.69. The number of esters is 2. The molecule has 4 saturated carbocycles. The molecule has 4 fully saturated rings. The quantitative estimate of drug-likeness (QED) is 0.384. The van der Waals surface area contributed by atoms with Crippen molar-refractivity contribution in [3.63, 3.8) is 0 Å². The number of rotatable bonds is 6. The summed E-state index contributed by atoms with van der Waals surface area (Å²) in [4.78, 5) is 32.5. The molecule has 0 radical (unpaired) electrons. The Morgan fingerprint density at radius 1 is 1.00 bits per heavy atom. The van der Waals surface area contributed by atoms with Gasteiger partial charge in [0.25, 0.3) is 0 Å². The molecule has 40 heavy (non-hydrogen) atoms. The maximum Gasteiger partial charge on any atom is 0.302 e. The Bertz CT molecular complexity index is 1220. The second kappa shape index (κ2) is 10.5. The predicted molar refractivity (Wildman–Crippen MR) is 155 cm³/mol. The van der Waals surface area contributed by atoms with Gasteiger partial charge in [0.05, 0.1) is 11.0 Å². The van der Waals surface area contributed by atoms with Crippen molar-refractivity contribution in [2.75, 3.05) is 0 Å². The fourth-order valence-electron chi connectivity index (χ4n) is 10.5. The summed E-state index contributed by atoms with van der Waals surface area (Å²) in [5.74, 6) is 4.28. The first-order chi connectivity index (χ1) is 19.1. The minimum atomic E-state index is -0.155. The highest BCUT2D eigenvalue weighted by Gasteiger charge is 2.65. The SMILES string of the molecule is CC(=O)OC1CC[C@]2(C)C3C[C@H](OC(C)=O)[C@]4(C)C(C(C)CCc5nc6ccccc6[nH]5)CCC4C3CC[C@@H]2C1. The van der Waals surface area contributed by atoms with Gasteiger partial charge >= 0.3 is 11.9 Å². The van der Waals surface area contributed by atoms with Crippen molar-refractivity contribution in [1.82, 2.24) is 9.97 Å². The Morgan fingerprint density at radius 3 is 2.52 bits per heavy atom. The van der Waals surface area contributed by atoms with Crippen molar-refractivity contribution in [3.8, 4) is 0 Å². The number of nitrogens with zero attached hydrogens (tertiary/aromatic N) is 1. The second-order valence-electron chi connectivity index (χ2n) is 14.3. The fourth-order valence-corrected chi connectivity index (χ4v) is 10.5. The lowest BCUT2D eigenvalue weighted by molar-refractivity contribution is -0.197. The van der Waals surface area contributed by atoms with Crippen LogP contribution in [0.5, 0.6) is 0 Å². The first-order valence-corrected chi connectivity index (χ1v) is 15.9. The molecule has 1 N–H and O–H groups in total. The molecule has 6 unspecified atom stereocenters. The second-order valence-corrected chi connectivity index (χ2v) is 14.3. The lowest BCUT2D eigenvalue weighted by atomic mass is 9.43. The van der Waals surface area contributed by atoms with Gasteiger partial charge in [0.15, 0.2) is 0 Å². The first-order valence-electron chi connectivity index (χ1n) is 15.9. The highest BCUT2D eigenvalue weighted by molar-refractivity contribution is 5.74. The Kier molecular flexibility index (Phi) is 7.28. The third-order valence-corrected chi connectivity index (χ3v) is 12.4. The summed E-state index contributed by atoms with van der Waals surface area (Å²) < 4.78 is 12.0. The van der Waals surface area contributed by atoms with Gasteiger partial charge in [-0.3, -0.25) is 9.59 Å². The van der Waals surface area contributed by atoms with E-state index in [-0.39, 0.29) is 35.0 Å². The van der Waals surface area contributed by atoms with E-state index >= 15 is 0 Å². The fraction of sp³-hybridized carbons (Fsp3) is 0.735. The molecular formula is C34H48N2O4. The van der Waals surface area contributed by atoms with Crippen LogP contribution in [0.25, 0.3) is 11.0 Å². The molecule has 2 aromatic rings. The Labute approximate surface area is 239 Å². The molecule has 6 heteroatoms. The lowest BCUT2D eigenvalue weighted by Gasteiger charge is -2.62. The molecule has 0 aliphatic heterocycles. The number of carbonyl (C=O) groups excluding carboxylic acids is 2. The number of imidazole rings is 1. The van der Waals surface area contributed by atoms with Crippen LogP contribution in [-0.4, -0.2) is 34.1 Å². The smallest absolute Gasteiger partial charge is 0.302 e. The van der Waals surface area contributed by atoms with Crippen molar-refractivity contribution in [3.05, 3.63) is 30.1 Å². The van der Waals surface area contributed by atoms with Gasteiger partial charge in [0.2, 0.25) is 0 Å². The molecule has 6 nitrogen and oxygen atoms in total. The third-order valence-electron chi connectivity index (χ3n) is 12.4. The molecule has 0 bridgehead atoms. The molecule has 1 aromatic carbocycles. The van der Waals surface area contributed by atoms with Crippen molar-refractivity contribution < 1.29 is 19.1 Å². The average Bonchev–Trinajstić information content (AvgIpc) is 3.49. The molecule has 1 heterocycles. The van der Waals surface area contributed by atoms with Gasteiger partial charge in [-0.1, -0.05) is 32.9 Å². The summed E-state index contributed by atoms with van der Waals surface area (Å²) in [5, 5.41) is 0. The number of benzene rings is 1. The van der Waals surface area contributed by atoms with Crippen molar-refractivity contribution >= 4 is 23.0 Å². The Balaban J connectivity index is 1.22. The van der Waals surface area contributed by atoms with E-state index < -0.39 is 0 Å². The number of nitrogens with one attached hydrogen (secondary N) is 1. The van der Waals surface area contributed by atoms with E-state index in [0.29, 0.717) is 35.5 Å². The molecule has 218 valence electrons. The molecule has 6 rings (SSSR count). The van der Waals surface area contributed by atoms with E-state index in [2.05, 4.69) is 44.0 Å². The zero-order valence-electron chi connectivity index (χ0n) is 25.1. The number of fused-ring (bicyclic) bond motifs is 6. The van der Waals surface area contributed by atoms with E-state index in [4.69, 9.17) is 14.5 Å². The number of carbonyl (C=O) groups is 2. The highest BCUT2D eigenvalue weighted by atomic mass is 16.5. The average molecular weight is 549 g/mol. The standard InChI is InChI=1S/C34H48N2O4/c1-20(10-15-32-35-29-8-6-7-9-30(29)36-32)26-13-14-27-25-12-11-23-18-24(39-21(2)37)16-17-33(23,4)28(25)19-31(34(26,27)5)40-22(3)38/h6-9,20,23-28,31H,10-19H2,1-5H3,(H,35,36)/t20?,23-,24?,25?,26?,27?,28?,31+,33+,34-/m1/s1. The monoisotopic (exact) mass is 548 g/mol. The molecule has 0 saturated heterocycles. The maximum atomic E-state index is 12.5. The zero-order chi connectivity index (χ0) is 28.2. The van der Waals surface area contributed by atoms with E-state index in [0.717, 1.165) is 55.4 Å². The number of hydrogen-bond acceptors (Lipinski definition) is 5. The zero-order valence-corrected chi connectivity index (χ0v) is 25.1. The summed E-state index contributed by atoms with van der Waals surface area (Å²) in [6.07, 6.45) is 11.0. The van der Waals surface area contributed by atoms with Crippen LogP contribution >= 0.6 is 0 Å². The van der Waals surface area contributed by atoms with Crippen LogP contribution in [0.1, 0.15) is 98.2 Å². The first kappa shape index (κ1) is 27.8. The molecule has 0 amide bonds. The van der Waals surface area contributed by atoms with E-state index in [1.165, 1.54) is 32.6 Å². The topological polar surface area (TPSA) is 81.3 Å². The van der Waals surface area contributed by atoms with Gasteiger partial charge in [-0.05, 0) is 111 Å². The third kappa shape index (κ3) is 4.67. The largest absolute Gasteiger partial charge is 0.463 e. The van der Waals surface area contributed by atoms with Crippen LogP contribution in [0.2, 0.25) is 0 Å². The van der Waals surface area contributed by atoms with Crippen LogP contribution in [0, 0.1) is 46.3 Å². The number of hydrogen-bond donors (Lipinski definition) is 1.